The first-order valence-corrected chi connectivity index (χ1v) is 11.1. The molecule has 0 aliphatic heterocycles. The third-order valence-electron chi connectivity index (χ3n) is 4.58. The topological polar surface area (TPSA) is 64.6 Å². The molecule has 30 heavy (non-hydrogen) atoms. The van der Waals surface area contributed by atoms with Gasteiger partial charge < -0.3 is 14.4 Å². The number of rotatable bonds is 10. The number of nitrogens with one attached hydrogen (secondary N) is 1. The van der Waals surface area contributed by atoms with E-state index in [1.165, 1.54) is 0 Å². The summed E-state index contributed by atoms with van der Waals surface area (Å²) in [7, 11) is -2.68. The van der Waals surface area contributed by atoms with E-state index in [0.29, 0.717) is 12.0 Å². The van der Waals surface area contributed by atoms with Gasteiger partial charge in [-0.1, -0.05) is 78.4 Å². The molecule has 0 aliphatic rings. The zero-order valence-corrected chi connectivity index (χ0v) is 17.9. The standard InChI is InChI=1S/C24H26NO4P/c1-19-12-14-22(15-13-19)24(26)25-23(16-20-8-4-2-5-9-20)18-29-30(27)28-17-21-10-6-3-7-11-21/h2-15,23,30H,16-18H2,1H3,(H,25,26). The summed E-state index contributed by atoms with van der Waals surface area (Å²) in [6.45, 7) is 2.29. The number of carbonyl (C=O) groups excluding carboxylic acids is 1. The lowest BCUT2D eigenvalue weighted by atomic mass is 10.1. The lowest BCUT2D eigenvalue weighted by molar-refractivity contribution is 0.0917. The molecular weight excluding hydrogens is 397 g/mol. The molecule has 6 heteroatoms. The van der Waals surface area contributed by atoms with Crippen LogP contribution in [0.4, 0.5) is 0 Å². The van der Waals surface area contributed by atoms with Gasteiger partial charge in [0.2, 0.25) is 0 Å². The lowest BCUT2D eigenvalue weighted by Gasteiger charge is -2.19. The fraction of sp³-hybridized carbons (Fsp3) is 0.208. The van der Waals surface area contributed by atoms with E-state index in [1.807, 2.05) is 79.7 Å². The van der Waals surface area contributed by atoms with Crippen molar-refractivity contribution in [2.45, 2.75) is 26.0 Å². The maximum absolute atomic E-state index is 12.6. The second-order valence-electron chi connectivity index (χ2n) is 7.06. The predicted molar refractivity (Wildman–Crippen MR) is 119 cm³/mol. The van der Waals surface area contributed by atoms with Crippen molar-refractivity contribution in [3.8, 4) is 0 Å². The van der Waals surface area contributed by atoms with Gasteiger partial charge in [-0.15, -0.1) is 0 Å². The number of hydrogen-bond donors (Lipinski definition) is 1. The molecule has 5 nitrogen and oxygen atoms in total. The van der Waals surface area contributed by atoms with Crippen molar-refractivity contribution in [2.75, 3.05) is 6.61 Å². The van der Waals surface area contributed by atoms with Gasteiger partial charge in [-0.2, -0.15) is 0 Å². The van der Waals surface area contributed by atoms with Crippen molar-refractivity contribution >= 4 is 14.2 Å². The van der Waals surface area contributed by atoms with Crippen LogP contribution in [-0.4, -0.2) is 18.6 Å². The van der Waals surface area contributed by atoms with Gasteiger partial charge in [0.15, 0.2) is 0 Å². The number of benzene rings is 3. The zero-order valence-electron chi connectivity index (χ0n) is 16.9. The minimum Gasteiger partial charge on any atom is -0.347 e. The molecule has 2 unspecified atom stereocenters. The first kappa shape index (κ1) is 22.0. The number of aryl methyl sites for hydroxylation is 1. The van der Waals surface area contributed by atoms with Gasteiger partial charge in [0.1, 0.15) is 0 Å². The van der Waals surface area contributed by atoms with Gasteiger partial charge in [-0.05, 0) is 36.6 Å². The van der Waals surface area contributed by atoms with Crippen LogP contribution in [-0.2, 0) is 26.6 Å². The van der Waals surface area contributed by atoms with Crippen LogP contribution >= 0.6 is 8.25 Å². The van der Waals surface area contributed by atoms with Crippen LogP contribution in [0.25, 0.3) is 0 Å². The summed E-state index contributed by atoms with van der Waals surface area (Å²) < 4.78 is 23.0. The monoisotopic (exact) mass is 423 g/mol. The number of carbonyl (C=O) groups is 1. The first-order chi connectivity index (χ1) is 14.6. The molecule has 156 valence electrons. The summed E-state index contributed by atoms with van der Waals surface area (Å²) in [4.78, 5) is 12.6. The van der Waals surface area contributed by atoms with E-state index in [4.69, 9.17) is 9.05 Å². The number of amides is 1. The molecule has 3 rings (SSSR count). The van der Waals surface area contributed by atoms with Gasteiger partial charge in [0.25, 0.3) is 5.91 Å². The van der Waals surface area contributed by atoms with Gasteiger partial charge in [-0.3, -0.25) is 9.36 Å². The van der Waals surface area contributed by atoms with Crippen LogP contribution in [0, 0.1) is 6.92 Å². The van der Waals surface area contributed by atoms with Crippen molar-refractivity contribution in [3.63, 3.8) is 0 Å². The average molecular weight is 423 g/mol. The van der Waals surface area contributed by atoms with Crippen LogP contribution in [0.3, 0.4) is 0 Å². The van der Waals surface area contributed by atoms with Gasteiger partial charge in [0, 0.05) is 5.56 Å². The third kappa shape index (κ3) is 7.27. The number of hydrogen-bond acceptors (Lipinski definition) is 4. The largest absolute Gasteiger partial charge is 0.347 e. The molecule has 0 radical (unpaired) electrons. The molecule has 0 aromatic heterocycles. The van der Waals surface area contributed by atoms with Crippen LogP contribution in [0.1, 0.15) is 27.0 Å². The summed E-state index contributed by atoms with van der Waals surface area (Å²) in [6.07, 6.45) is 0.562. The molecule has 0 heterocycles. The van der Waals surface area contributed by atoms with Gasteiger partial charge in [-0.25, -0.2) is 0 Å². The molecule has 1 amide bonds. The Balaban J connectivity index is 1.58. The second kappa shape index (κ2) is 11.5. The summed E-state index contributed by atoms with van der Waals surface area (Å²) in [6, 6.07) is 26.3. The fourth-order valence-corrected chi connectivity index (χ4v) is 3.66. The molecule has 0 saturated carbocycles. The Labute approximate surface area is 178 Å². The van der Waals surface area contributed by atoms with E-state index in [9.17, 15) is 9.36 Å². The quantitative estimate of drug-likeness (QED) is 0.468. The minimum absolute atomic E-state index is 0.0963. The highest BCUT2D eigenvalue weighted by atomic mass is 31.1. The Kier molecular flexibility index (Phi) is 8.40. The second-order valence-corrected chi connectivity index (χ2v) is 8.14. The van der Waals surface area contributed by atoms with Crippen molar-refractivity contribution in [1.29, 1.82) is 0 Å². The van der Waals surface area contributed by atoms with Gasteiger partial charge >= 0.3 is 8.25 Å². The van der Waals surface area contributed by atoms with Crippen LogP contribution < -0.4 is 5.32 Å². The predicted octanol–water partition coefficient (Wildman–Crippen LogP) is 4.96. The minimum atomic E-state index is -2.68. The molecule has 3 aromatic carbocycles. The SMILES string of the molecule is Cc1ccc(C(=O)NC(CO[PH](=O)OCc2ccccc2)Cc2ccccc2)cc1. The Morgan fingerprint density at radius 3 is 2.10 bits per heavy atom. The molecule has 2 atom stereocenters. The van der Waals surface area contributed by atoms with E-state index in [0.717, 1.165) is 16.7 Å². The summed E-state index contributed by atoms with van der Waals surface area (Å²) in [5, 5.41) is 2.99. The maximum atomic E-state index is 12.6. The Morgan fingerprint density at radius 2 is 1.47 bits per heavy atom. The summed E-state index contributed by atoms with van der Waals surface area (Å²) in [5.41, 5.74) is 3.64. The van der Waals surface area contributed by atoms with Crippen molar-refractivity contribution in [2.24, 2.45) is 0 Å². The Bertz CT molecular complexity index is 946. The Hall–Kier alpha value is -2.72. The highest BCUT2D eigenvalue weighted by Crippen LogP contribution is 2.26. The summed E-state index contributed by atoms with van der Waals surface area (Å²) in [5.74, 6) is -0.190. The molecule has 0 fully saturated rings. The van der Waals surface area contributed by atoms with Gasteiger partial charge in [0.05, 0.1) is 19.3 Å². The molecular formula is C24H26NO4P. The van der Waals surface area contributed by atoms with E-state index >= 15 is 0 Å². The van der Waals surface area contributed by atoms with Crippen LogP contribution in [0.2, 0.25) is 0 Å². The Morgan fingerprint density at radius 1 is 0.867 bits per heavy atom. The molecule has 3 aromatic rings. The molecule has 0 bridgehead atoms. The van der Waals surface area contributed by atoms with E-state index in [-0.39, 0.29) is 25.2 Å². The highest BCUT2D eigenvalue weighted by Gasteiger charge is 2.16. The van der Waals surface area contributed by atoms with Crippen molar-refractivity contribution in [3.05, 3.63) is 107 Å². The maximum Gasteiger partial charge on any atom is 0.319 e. The highest BCUT2D eigenvalue weighted by molar-refractivity contribution is 7.33. The van der Waals surface area contributed by atoms with E-state index in [2.05, 4.69) is 5.32 Å². The fourth-order valence-electron chi connectivity index (χ4n) is 2.95. The smallest absolute Gasteiger partial charge is 0.319 e. The molecule has 0 saturated heterocycles. The molecule has 0 spiro atoms. The van der Waals surface area contributed by atoms with Crippen molar-refractivity contribution in [1.82, 2.24) is 5.32 Å². The van der Waals surface area contributed by atoms with E-state index in [1.54, 1.807) is 12.1 Å². The van der Waals surface area contributed by atoms with Crippen molar-refractivity contribution < 1.29 is 18.4 Å². The molecule has 1 N–H and O–H groups in total. The summed E-state index contributed by atoms with van der Waals surface area (Å²) >= 11 is 0. The third-order valence-corrected chi connectivity index (χ3v) is 5.36. The van der Waals surface area contributed by atoms with Crippen LogP contribution in [0.15, 0.2) is 84.9 Å². The van der Waals surface area contributed by atoms with E-state index < -0.39 is 8.25 Å². The first-order valence-electron chi connectivity index (χ1n) is 9.85. The van der Waals surface area contributed by atoms with Crippen LogP contribution in [0.5, 0.6) is 0 Å². The normalized spacial score (nSPS) is 12.8. The molecule has 0 aliphatic carbocycles. The lowest BCUT2D eigenvalue weighted by Crippen LogP contribution is -2.39. The average Bonchev–Trinajstić information content (AvgIpc) is 2.78. The zero-order chi connectivity index (χ0) is 21.2.